The van der Waals surface area contributed by atoms with Crippen LogP contribution in [0.3, 0.4) is 0 Å². The number of carbonyl (C=O) groups is 2. The van der Waals surface area contributed by atoms with Gasteiger partial charge in [0.1, 0.15) is 6.10 Å². The van der Waals surface area contributed by atoms with Crippen molar-refractivity contribution in [3.63, 3.8) is 0 Å². The Morgan fingerprint density at radius 3 is 2.06 bits per heavy atom. The average molecular weight is 249 g/mol. The molecular formula is C10H19NO6. The molecule has 4 atom stereocenters. The maximum absolute atomic E-state index is 11.5. The molecule has 0 aliphatic carbocycles. The molecule has 0 saturated heterocycles. The minimum atomic E-state index is -1.85. The van der Waals surface area contributed by atoms with E-state index in [0.717, 1.165) is 6.92 Å². The summed E-state index contributed by atoms with van der Waals surface area (Å²) in [5, 5.41) is 38.5. The molecule has 0 aromatic carbocycles. The predicted octanol–water partition coefficient (Wildman–Crippen LogP) is -1.68. The monoisotopic (exact) mass is 249 g/mol. The first-order valence-corrected chi connectivity index (χ1v) is 5.18. The minimum Gasteiger partial charge on any atom is -0.479 e. The predicted molar refractivity (Wildman–Crippen MR) is 58.1 cm³/mol. The van der Waals surface area contributed by atoms with Crippen molar-refractivity contribution in [2.24, 2.45) is 5.92 Å². The smallest absolute Gasteiger partial charge is 0.331 e. The molecule has 0 aromatic heterocycles. The molecule has 0 fully saturated rings. The fourth-order valence-electron chi connectivity index (χ4n) is 1.01. The molecule has 0 rings (SSSR count). The molecule has 0 aromatic rings. The van der Waals surface area contributed by atoms with Crippen molar-refractivity contribution in [2.75, 3.05) is 6.61 Å². The summed E-state index contributed by atoms with van der Waals surface area (Å²) >= 11 is 0. The third-order valence-corrected chi connectivity index (χ3v) is 2.71. The summed E-state index contributed by atoms with van der Waals surface area (Å²) in [4.78, 5) is 22.3. The van der Waals surface area contributed by atoms with E-state index < -0.39 is 42.1 Å². The lowest BCUT2D eigenvalue weighted by Gasteiger charge is -2.27. The second kappa shape index (κ2) is 5.95. The van der Waals surface area contributed by atoms with Gasteiger partial charge < -0.3 is 25.7 Å². The highest BCUT2D eigenvalue weighted by Crippen LogP contribution is 2.11. The summed E-state index contributed by atoms with van der Waals surface area (Å²) in [5.41, 5.74) is -1.85. The number of carbonyl (C=O) groups excluding carboxylic acids is 1. The van der Waals surface area contributed by atoms with Gasteiger partial charge in [0.2, 0.25) is 5.91 Å². The number of nitrogens with one attached hydrogen (secondary N) is 1. The number of aliphatic hydroxyl groups is 3. The first-order valence-electron chi connectivity index (χ1n) is 5.18. The number of hydrogen-bond donors (Lipinski definition) is 5. The summed E-state index contributed by atoms with van der Waals surface area (Å²) in [5.74, 6) is -3.10. The minimum absolute atomic E-state index is 0.744. The molecule has 0 bridgehead atoms. The van der Waals surface area contributed by atoms with Crippen molar-refractivity contribution in [3.05, 3.63) is 0 Å². The second-order valence-electron chi connectivity index (χ2n) is 4.33. The van der Waals surface area contributed by atoms with Gasteiger partial charge in [0.05, 0.1) is 12.7 Å². The van der Waals surface area contributed by atoms with Crippen LogP contribution in [0, 0.1) is 5.92 Å². The zero-order valence-corrected chi connectivity index (χ0v) is 10.0. The largest absolute Gasteiger partial charge is 0.479 e. The number of amides is 1. The topological polar surface area (TPSA) is 127 Å². The summed E-state index contributed by atoms with van der Waals surface area (Å²) in [6.07, 6.45) is -2.46. The van der Waals surface area contributed by atoms with Gasteiger partial charge in [-0.1, -0.05) is 6.92 Å². The molecule has 1 amide bonds. The summed E-state index contributed by atoms with van der Waals surface area (Å²) in [6.45, 7) is 3.17. The molecule has 0 heterocycles. The fraction of sp³-hybridized carbons (Fsp3) is 0.800. The standard InChI is InChI=1S/C10H19NO6/c1-5(6(2)13)7(14)8(15)11-10(3,4-12)9(16)17/h5-7,12-14H,4H2,1-3H3,(H,11,15)(H,16,17)/t5-,6+,7+,10-/m0/s1. The maximum Gasteiger partial charge on any atom is 0.331 e. The van der Waals surface area contributed by atoms with E-state index in [4.69, 9.17) is 10.2 Å². The highest BCUT2D eigenvalue weighted by molar-refractivity contribution is 5.89. The van der Waals surface area contributed by atoms with Gasteiger partial charge in [-0.2, -0.15) is 0 Å². The average Bonchev–Trinajstić information content (AvgIpc) is 2.26. The molecule has 5 N–H and O–H groups in total. The van der Waals surface area contributed by atoms with Crippen molar-refractivity contribution >= 4 is 11.9 Å². The lowest BCUT2D eigenvalue weighted by Crippen LogP contribution is -2.58. The third-order valence-electron chi connectivity index (χ3n) is 2.71. The Hall–Kier alpha value is -1.18. The SMILES string of the molecule is C[C@@H]([C@@H](C)O)[C@@H](O)C(=O)N[C@@](C)(CO)C(=O)O. The first-order chi connectivity index (χ1) is 7.65. The van der Waals surface area contributed by atoms with Crippen molar-refractivity contribution < 1.29 is 30.0 Å². The van der Waals surface area contributed by atoms with Crippen LogP contribution in [0.15, 0.2) is 0 Å². The zero-order valence-electron chi connectivity index (χ0n) is 10.0. The van der Waals surface area contributed by atoms with Gasteiger partial charge in [-0.3, -0.25) is 4.79 Å². The van der Waals surface area contributed by atoms with Gasteiger partial charge >= 0.3 is 5.97 Å². The Kier molecular flexibility index (Phi) is 5.53. The van der Waals surface area contributed by atoms with E-state index in [0.29, 0.717) is 0 Å². The lowest BCUT2D eigenvalue weighted by atomic mass is 9.96. The number of aliphatic carboxylic acids is 1. The van der Waals surface area contributed by atoms with Crippen LogP contribution >= 0.6 is 0 Å². The third kappa shape index (κ3) is 3.95. The van der Waals surface area contributed by atoms with Crippen molar-refractivity contribution in [3.8, 4) is 0 Å². The van der Waals surface area contributed by atoms with Crippen molar-refractivity contribution in [1.82, 2.24) is 5.32 Å². The Labute approximate surface area is 99.1 Å². The van der Waals surface area contributed by atoms with Crippen LogP contribution < -0.4 is 5.32 Å². The maximum atomic E-state index is 11.5. The Balaban J connectivity index is 4.69. The number of aliphatic hydroxyl groups excluding tert-OH is 3. The van der Waals surface area contributed by atoms with Crippen LogP contribution in [0.25, 0.3) is 0 Å². The Bertz CT molecular complexity index is 293. The number of carboxylic acids is 1. The molecule has 7 nitrogen and oxygen atoms in total. The van der Waals surface area contributed by atoms with E-state index in [1.165, 1.54) is 13.8 Å². The number of rotatable bonds is 6. The summed E-state index contributed by atoms with van der Waals surface area (Å²) in [6, 6.07) is 0. The Morgan fingerprint density at radius 1 is 1.29 bits per heavy atom. The van der Waals surface area contributed by atoms with Crippen molar-refractivity contribution in [2.45, 2.75) is 38.5 Å². The van der Waals surface area contributed by atoms with Gasteiger partial charge in [-0.05, 0) is 13.8 Å². The van der Waals surface area contributed by atoms with Crippen LogP contribution in [-0.4, -0.2) is 56.7 Å². The van der Waals surface area contributed by atoms with E-state index in [1.807, 2.05) is 5.32 Å². The van der Waals surface area contributed by atoms with Crippen LogP contribution in [0.1, 0.15) is 20.8 Å². The van der Waals surface area contributed by atoms with Crippen LogP contribution in [0.2, 0.25) is 0 Å². The number of hydrogen-bond acceptors (Lipinski definition) is 5. The van der Waals surface area contributed by atoms with E-state index in [2.05, 4.69) is 0 Å². The molecule has 17 heavy (non-hydrogen) atoms. The van der Waals surface area contributed by atoms with Gasteiger partial charge in [0.15, 0.2) is 5.54 Å². The summed E-state index contributed by atoms with van der Waals surface area (Å²) in [7, 11) is 0. The van der Waals surface area contributed by atoms with E-state index in [9.17, 15) is 19.8 Å². The lowest BCUT2D eigenvalue weighted by molar-refractivity contribution is -0.151. The molecule has 0 saturated carbocycles. The van der Waals surface area contributed by atoms with Crippen LogP contribution in [-0.2, 0) is 9.59 Å². The van der Waals surface area contributed by atoms with Crippen LogP contribution in [0.5, 0.6) is 0 Å². The quantitative estimate of drug-likeness (QED) is 0.382. The van der Waals surface area contributed by atoms with Gasteiger partial charge in [0.25, 0.3) is 0 Å². The zero-order chi connectivity index (χ0) is 13.8. The van der Waals surface area contributed by atoms with Gasteiger partial charge in [-0.25, -0.2) is 4.79 Å². The van der Waals surface area contributed by atoms with Crippen LogP contribution in [0.4, 0.5) is 0 Å². The normalized spacial score (nSPS) is 19.9. The molecule has 100 valence electrons. The molecule has 0 aliphatic rings. The molecule has 7 heteroatoms. The first kappa shape index (κ1) is 15.8. The fourth-order valence-corrected chi connectivity index (χ4v) is 1.01. The Morgan fingerprint density at radius 2 is 1.76 bits per heavy atom. The molecular weight excluding hydrogens is 230 g/mol. The van der Waals surface area contributed by atoms with E-state index in [-0.39, 0.29) is 0 Å². The number of carboxylic acid groups (broad SMARTS) is 1. The molecule has 0 aliphatic heterocycles. The molecule has 0 unspecified atom stereocenters. The highest BCUT2D eigenvalue weighted by atomic mass is 16.4. The van der Waals surface area contributed by atoms with Crippen molar-refractivity contribution in [1.29, 1.82) is 0 Å². The van der Waals surface area contributed by atoms with Gasteiger partial charge in [-0.15, -0.1) is 0 Å². The summed E-state index contributed by atoms with van der Waals surface area (Å²) < 4.78 is 0. The second-order valence-corrected chi connectivity index (χ2v) is 4.33. The highest BCUT2D eigenvalue weighted by Gasteiger charge is 2.37. The van der Waals surface area contributed by atoms with E-state index >= 15 is 0 Å². The molecule has 0 radical (unpaired) electrons. The van der Waals surface area contributed by atoms with E-state index in [1.54, 1.807) is 0 Å². The van der Waals surface area contributed by atoms with Gasteiger partial charge in [0, 0.05) is 5.92 Å². The molecule has 0 spiro atoms.